The lowest BCUT2D eigenvalue weighted by atomic mass is 10.0. The SMILES string of the molecule is CC(=O)N1CCCc2cc(S(=O)(=O)CCC(=O)NCCCN(C)C)ccc21. The molecular formula is C19H29N3O4S. The van der Waals surface area contributed by atoms with E-state index >= 15 is 0 Å². The molecule has 1 aliphatic heterocycles. The van der Waals surface area contributed by atoms with Gasteiger partial charge >= 0.3 is 0 Å². The third kappa shape index (κ3) is 6.04. The van der Waals surface area contributed by atoms with E-state index < -0.39 is 9.84 Å². The van der Waals surface area contributed by atoms with Crippen LogP contribution in [0.5, 0.6) is 0 Å². The Morgan fingerprint density at radius 3 is 2.67 bits per heavy atom. The molecule has 0 aliphatic carbocycles. The third-order valence-corrected chi connectivity index (χ3v) is 6.32. The van der Waals surface area contributed by atoms with E-state index in [9.17, 15) is 18.0 Å². The summed E-state index contributed by atoms with van der Waals surface area (Å²) in [6.07, 6.45) is 2.32. The summed E-state index contributed by atoms with van der Waals surface area (Å²) < 4.78 is 25.2. The predicted octanol–water partition coefficient (Wildman–Crippen LogP) is 1.22. The van der Waals surface area contributed by atoms with Crippen molar-refractivity contribution in [3.63, 3.8) is 0 Å². The number of hydrogen-bond acceptors (Lipinski definition) is 5. The van der Waals surface area contributed by atoms with Crippen molar-refractivity contribution in [3.05, 3.63) is 23.8 Å². The first-order chi connectivity index (χ1) is 12.7. The molecule has 2 amide bonds. The van der Waals surface area contributed by atoms with Crippen LogP contribution in [0.15, 0.2) is 23.1 Å². The zero-order valence-corrected chi connectivity index (χ0v) is 17.1. The zero-order chi connectivity index (χ0) is 20.0. The van der Waals surface area contributed by atoms with E-state index in [1.807, 2.05) is 19.0 Å². The molecule has 0 saturated carbocycles. The summed E-state index contributed by atoms with van der Waals surface area (Å²) in [4.78, 5) is 27.5. The summed E-state index contributed by atoms with van der Waals surface area (Å²) in [5.41, 5.74) is 1.65. The van der Waals surface area contributed by atoms with Crippen molar-refractivity contribution >= 4 is 27.3 Å². The first kappa shape index (κ1) is 21.4. The molecule has 0 saturated heterocycles. The first-order valence-electron chi connectivity index (χ1n) is 9.26. The zero-order valence-electron chi connectivity index (χ0n) is 16.3. The topological polar surface area (TPSA) is 86.8 Å². The maximum atomic E-state index is 12.6. The van der Waals surface area contributed by atoms with E-state index in [-0.39, 0.29) is 28.9 Å². The van der Waals surface area contributed by atoms with Crippen LogP contribution in [0.1, 0.15) is 31.7 Å². The van der Waals surface area contributed by atoms with Crippen LogP contribution in [-0.4, -0.2) is 64.6 Å². The lowest BCUT2D eigenvalue weighted by Crippen LogP contribution is -2.33. The fourth-order valence-corrected chi connectivity index (χ4v) is 4.44. The van der Waals surface area contributed by atoms with E-state index in [4.69, 9.17) is 0 Å². The largest absolute Gasteiger partial charge is 0.356 e. The number of fused-ring (bicyclic) bond motifs is 1. The van der Waals surface area contributed by atoms with Crippen molar-refractivity contribution in [3.8, 4) is 0 Å². The number of nitrogens with one attached hydrogen (secondary N) is 1. The van der Waals surface area contributed by atoms with Gasteiger partial charge in [-0.3, -0.25) is 9.59 Å². The van der Waals surface area contributed by atoms with Gasteiger partial charge in [-0.05, 0) is 63.7 Å². The summed E-state index contributed by atoms with van der Waals surface area (Å²) in [6.45, 7) is 3.57. The number of benzene rings is 1. The van der Waals surface area contributed by atoms with Gasteiger partial charge in [-0.2, -0.15) is 0 Å². The highest BCUT2D eigenvalue weighted by molar-refractivity contribution is 7.91. The Morgan fingerprint density at radius 1 is 1.26 bits per heavy atom. The van der Waals surface area contributed by atoms with Crippen molar-refractivity contribution in [1.82, 2.24) is 10.2 Å². The quantitative estimate of drug-likeness (QED) is 0.669. The van der Waals surface area contributed by atoms with Gasteiger partial charge in [0, 0.05) is 32.1 Å². The van der Waals surface area contributed by atoms with Gasteiger partial charge in [-0.15, -0.1) is 0 Å². The average Bonchev–Trinajstić information content (AvgIpc) is 2.62. The van der Waals surface area contributed by atoms with E-state index in [2.05, 4.69) is 5.32 Å². The molecule has 1 aromatic rings. The molecule has 0 radical (unpaired) electrons. The van der Waals surface area contributed by atoms with E-state index in [0.717, 1.165) is 37.1 Å². The molecule has 0 bridgehead atoms. The lowest BCUT2D eigenvalue weighted by molar-refractivity contribution is -0.120. The Hall–Kier alpha value is -1.93. The molecule has 0 atom stereocenters. The van der Waals surface area contributed by atoms with Crippen LogP contribution in [-0.2, 0) is 25.8 Å². The molecule has 150 valence electrons. The molecule has 1 aromatic carbocycles. The van der Waals surface area contributed by atoms with Crippen molar-refractivity contribution in [1.29, 1.82) is 0 Å². The van der Waals surface area contributed by atoms with Gasteiger partial charge in [0.2, 0.25) is 11.8 Å². The lowest BCUT2D eigenvalue weighted by Gasteiger charge is -2.28. The van der Waals surface area contributed by atoms with Crippen LogP contribution < -0.4 is 10.2 Å². The van der Waals surface area contributed by atoms with Crippen LogP contribution in [0, 0.1) is 0 Å². The second-order valence-corrected chi connectivity index (χ2v) is 9.25. The second-order valence-electron chi connectivity index (χ2n) is 7.14. The molecule has 0 aromatic heterocycles. The number of aryl methyl sites for hydroxylation is 1. The molecule has 0 spiro atoms. The van der Waals surface area contributed by atoms with Gasteiger partial charge in [-0.1, -0.05) is 0 Å². The molecule has 1 aliphatic rings. The van der Waals surface area contributed by atoms with E-state index in [1.54, 1.807) is 17.0 Å². The molecular weight excluding hydrogens is 366 g/mol. The molecule has 27 heavy (non-hydrogen) atoms. The Labute approximate surface area is 161 Å². The van der Waals surface area contributed by atoms with Crippen LogP contribution in [0.2, 0.25) is 0 Å². The predicted molar refractivity (Wildman–Crippen MR) is 106 cm³/mol. The number of carbonyl (C=O) groups excluding carboxylic acids is 2. The summed E-state index contributed by atoms with van der Waals surface area (Å²) in [6, 6.07) is 4.88. The molecule has 0 fully saturated rings. The molecule has 2 rings (SSSR count). The van der Waals surface area contributed by atoms with Crippen LogP contribution >= 0.6 is 0 Å². The maximum Gasteiger partial charge on any atom is 0.223 e. The van der Waals surface area contributed by atoms with Gasteiger partial charge < -0.3 is 15.1 Å². The fraction of sp³-hybridized carbons (Fsp3) is 0.579. The summed E-state index contributed by atoms with van der Waals surface area (Å²) >= 11 is 0. The Kier molecular flexibility index (Phi) is 7.38. The molecule has 1 heterocycles. The highest BCUT2D eigenvalue weighted by Crippen LogP contribution is 2.29. The Balaban J connectivity index is 1.97. The van der Waals surface area contributed by atoms with Crippen molar-refractivity contribution < 1.29 is 18.0 Å². The standard InChI is InChI=1S/C19H29N3O4S/c1-15(23)22-12-4-6-16-14-17(7-8-18(16)22)27(25,26)13-9-19(24)20-10-5-11-21(2)3/h7-8,14H,4-6,9-13H2,1-3H3,(H,20,24). The fourth-order valence-electron chi connectivity index (χ4n) is 3.15. The van der Waals surface area contributed by atoms with Crippen LogP contribution in [0.25, 0.3) is 0 Å². The second kappa shape index (κ2) is 9.32. The smallest absolute Gasteiger partial charge is 0.223 e. The molecule has 7 nitrogen and oxygen atoms in total. The molecule has 8 heteroatoms. The summed E-state index contributed by atoms with van der Waals surface area (Å²) in [7, 11) is 0.379. The summed E-state index contributed by atoms with van der Waals surface area (Å²) in [5, 5.41) is 2.76. The molecule has 1 N–H and O–H groups in total. The number of amides is 2. The monoisotopic (exact) mass is 395 g/mol. The number of sulfone groups is 1. The van der Waals surface area contributed by atoms with E-state index in [1.165, 1.54) is 13.0 Å². The van der Waals surface area contributed by atoms with Gasteiger partial charge in [0.05, 0.1) is 10.6 Å². The minimum Gasteiger partial charge on any atom is -0.356 e. The van der Waals surface area contributed by atoms with Gasteiger partial charge in [0.15, 0.2) is 9.84 Å². The number of hydrogen-bond donors (Lipinski definition) is 1. The van der Waals surface area contributed by atoms with E-state index in [0.29, 0.717) is 13.1 Å². The number of carbonyl (C=O) groups is 2. The van der Waals surface area contributed by atoms with Crippen LogP contribution in [0.4, 0.5) is 5.69 Å². The van der Waals surface area contributed by atoms with Crippen molar-refractivity contribution in [2.75, 3.05) is 44.4 Å². The van der Waals surface area contributed by atoms with Crippen LogP contribution in [0.3, 0.4) is 0 Å². The van der Waals surface area contributed by atoms with Crippen molar-refractivity contribution in [2.45, 2.75) is 37.5 Å². The maximum absolute atomic E-state index is 12.6. The average molecular weight is 396 g/mol. The highest BCUT2D eigenvalue weighted by atomic mass is 32.2. The number of nitrogens with zero attached hydrogens (tertiary/aromatic N) is 2. The Morgan fingerprint density at radius 2 is 2.00 bits per heavy atom. The first-order valence-corrected chi connectivity index (χ1v) is 10.9. The normalized spacial score (nSPS) is 14.1. The number of anilines is 1. The summed E-state index contributed by atoms with van der Waals surface area (Å²) in [5.74, 6) is -0.516. The highest BCUT2D eigenvalue weighted by Gasteiger charge is 2.23. The third-order valence-electron chi connectivity index (χ3n) is 4.61. The van der Waals surface area contributed by atoms with Crippen molar-refractivity contribution in [2.24, 2.45) is 0 Å². The molecule has 0 unspecified atom stereocenters. The number of rotatable bonds is 8. The van der Waals surface area contributed by atoms with Gasteiger partial charge in [0.1, 0.15) is 0 Å². The minimum absolute atomic E-state index is 0.0440. The van der Waals surface area contributed by atoms with Gasteiger partial charge in [-0.25, -0.2) is 8.42 Å². The minimum atomic E-state index is -3.54. The van der Waals surface area contributed by atoms with Gasteiger partial charge in [0.25, 0.3) is 0 Å². The Bertz CT molecular complexity index is 790.